The highest BCUT2D eigenvalue weighted by Gasteiger charge is 2.12. The number of fused-ring (bicyclic) bond motifs is 1. The van der Waals surface area contributed by atoms with Crippen LogP contribution in [0.4, 0.5) is 0 Å². The van der Waals surface area contributed by atoms with Gasteiger partial charge in [0.25, 0.3) is 0 Å². The van der Waals surface area contributed by atoms with E-state index in [9.17, 15) is 4.79 Å². The number of hydrogen-bond acceptors (Lipinski definition) is 5. The van der Waals surface area contributed by atoms with Gasteiger partial charge < -0.3 is 14.3 Å². The Morgan fingerprint density at radius 2 is 1.83 bits per heavy atom. The van der Waals surface area contributed by atoms with Gasteiger partial charge in [-0.3, -0.25) is 4.79 Å². The highest BCUT2D eigenvalue weighted by atomic mass is 32.2. The molecule has 4 aromatic rings. The molecule has 0 saturated carbocycles. The Hall–Kier alpha value is -3.06. The van der Waals surface area contributed by atoms with E-state index in [0.717, 1.165) is 44.5 Å². The molecule has 0 saturated heterocycles. The van der Waals surface area contributed by atoms with Crippen LogP contribution in [-0.2, 0) is 19.4 Å². The Labute approximate surface area is 172 Å². The zero-order valence-corrected chi connectivity index (χ0v) is 17.4. The molecule has 0 aliphatic heterocycles. The van der Waals surface area contributed by atoms with E-state index >= 15 is 0 Å². The summed E-state index contributed by atoms with van der Waals surface area (Å²) in [7, 11) is 1.92. The average Bonchev–Trinajstić information content (AvgIpc) is 3.08. The predicted molar refractivity (Wildman–Crippen MR) is 115 cm³/mol. The van der Waals surface area contributed by atoms with Crippen LogP contribution in [-0.4, -0.2) is 19.7 Å². The van der Waals surface area contributed by atoms with Crippen LogP contribution < -0.4 is 10.2 Å². The van der Waals surface area contributed by atoms with Gasteiger partial charge in [0.15, 0.2) is 16.4 Å². The minimum absolute atomic E-state index is 0.0467. The first-order valence-corrected chi connectivity index (χ1v) is 10.3. The van der Waals surface area contributed by atoms with Crippen LogP contribution in [0.3, 0.4) is 0 Å². The van der Waals surface area contributed by atoms with Gasteiger partial charge in [0.05, 0.1) is 5.52 Å². The van der Waals surface area contributed by atoms with E-state index in [2.05, 4.69) is 15.2 Å². The number of rotatable bonds is 6. The van der Waals surface area contributed by atoms with Gasteiger partial charge in [-0.25, -0.2) is 0 Å². The second-order valence-electron chi connectivity index (χ2n) is 6.96. The van der Waals surface area contributed by atoms with Crippen molar-refractivity contribution in [3.05, 3.63) is 81.4 Å². The van der Waals surface area contributed by atoms with Crippen LogP contribution in [0, 0.1) is 13.8 Å². The molecule has 29 heavy (non-hydrogen) atoms. The maximum Gasteiger partial charge on any atom is 0.191 e. The zero-order chi connectivity index (χ0) is 20.4. The van der Waals surface area contributed by atoms with Gasteiger partial charge in [-0.1, -0.05) is 42.1 Å². The molecule has 1 N–H and O–H groups in total. The van der Waals surface area contributed by atoms with Crippen LogP contribution >= 0.6 is 11.8 Å². The number of aromatic amines is 1. The third-order valence-electron chi connectivity index (χ3n) is 4.85. The summed E-state index contributed by atoms with van der Waals surface area (Å²) in [5.41, 5.74) is 3.87. The predicted octanol–water partition coefficient (Wildman–Crippen LogP) is 4.14. The molecule has 2 aromatic carbocycles. The molecule has 2 heterocycles. The number of pyridine rings is 1. The molecule has 0 spiro atoms. The number of H-pyrrole nitrogens is 1. The van der Waals surface area contributed by atoms with Crippen molar-refractivity contribution in [2.45, 2.75) is 31.4 Å². The first-order chi connectivity index (χ1) is 14.0. The molecule has 0 radical (unpaired) electrons. The first-order valence-electron chi connectivity index (χ1n) is 9.34. The van der Waals surface area contributed by atoms with Gasteiger partial charge in [-0.2, -0.15) is 0 Å². The van der Waals surface area contributed by atoms with Gasteiger partial charge in [-0.15, -0.1) is 10.2 Å². The van der Waals surface area contributed by atoms with E-state index in [-0.39, 0.29) is 5.43 Å². The zero-order valence-electron chi connectivity index (χ0n) is 16.6. The van der Waals surface area contributed by atoms with Gasteiger partial charge in [-0.05, 0) is 37.1 Å². The number of aryl methyl sites for hydroxylation is 2. The molecule has 7 heteroatoms. The summed E-state index contributed by atoms with van der Waals surface area (Å²) in [6.07, 6.45) is 0. The lowest BCUT2D eigenvalue weighted by Crippen LogP contribution is -2.07. The Balaban J connectivity index is 1.49. The van der Waals surface area contributed by atoms with Gasteiger partial charge in [0.2, 0.25) is 0 Å². The number of thioether (sulfide) groups is 1. The summed E-state index contributed by atoms with van der Waals surface area (Å²) in [6.45, 7) is 4.32. The highest BCUT2D eigenvalue weighted by Crippen LogP contribution is 2.23. The fourth-order valence-corrected chi connectivity index (χ4v) is 4.04. The molecule has 0 unspecified atom stereocenters. The van der Waals surface area contributed by atoms with Crippen molar-refractivity contribution in [1.29, 1.82) is 0 Å². The van der Waals surface area contributed by atoms with Crippen molar-refractivity contribution in [2.75, 3.05) is 0 Å². The molecular weight excluding hydrogens is 384 g/mol. The van der Waals surface area contributed by atoms with Crippen LogP contribution in [0.1, 0.15) is 22.6 Å². The fraction of sp³-hybridized carbons (Fsp3) is 0.227. The lowest BCUT2D eigenvalue weighted by Gasteiger charge is -2.09. The molecule has 148 valence electrons. The standard InChI is InChI=1S/C22H22N4O2S/c1-14-9-10-15(2)21-20(14)18(27)11-16(23-21)13-29-22-25-24-19(26(22)3)12-28-17-7-5-4-6-8-17/h4-11H,12-13H2,1-3H3,(H,23,27). The second-order valence-corrected chi connectivity index (χ2v) is 7.90. The molecule has 0 aliphatic carbocycles. The number of para-hydroxylation sites is 1. The monoisotopic (exact) mass is 406 g/mol. The molecule has 0 bridgehead atoms. The number of nitrogens with zero attached hydrogens (tertiary/aromatic N) is 3. The van der Waals surface area contributed by atoms with Crippen LogP contribution in [0.2, 0.25) is 0 Å². The number of benzene rings is 2. The van der Waals surface area contributed by atoms with Crippen molar-refractivity contribution in [3.8, 4) is 5.75 Å². The largest absolute Gasteiger partial charge is 0.486 e. The van der Waals surface area contributed by atoms with E-state index < -0.39 is 0 Å². The van der Waals surface area contributed by atoms with Crippen molar-refractivity contribution in [1.82, 2.24) is 19.7 Å². The molecule has 0 atom stereocenters. The van der Waals surface area contributed by atoms with Crippen molar-refractivity contribution >= 4 is 22.7 Å². The van der Waals surface area contributed by atoms with E-state index in [1.54, 1.807) is 6.07 Å². The van der Waals surface area contributed by atoms with Crippen LogP contribution in [0.25, 0.3) is 10.9 Å². The van der Waals surface area contributed by atoms with Gasteiger partial charge >= 0.3 is 0 Å². The SMILES string of the molecule is Cc1ccc(C)c2c(=O)cc(CSc3nnc(COc4ccccc4)n3C)[nH]c12. The lowest BCUT2D eigenvalue weighted by atomic mass is 10.0. The second kappa shape index (κ2) is 8.13. The maximum atomic E-state index is 12.6. The Kier molecular flexibility index (Phi) is 5.40. The first kappa shape index (κ1) is 19.3. The van der Waals surface area contributed by atoms with E-state index in [1.165, 1.54) is 11.8 Å². The minimum Gasteiger partial charge on any atom is -0.486 e. The van der Waals surface area contributed by atoms with Crippen molar-refractivity contribution in [2.24, 2.45) is 7.05 Å². The van der Waals surface area contributed by atoms with E-state index in [1.807, 2.05) is 67.9 Å². The quantitative estimate of drug-likeness (QED) is 0.487. The van der Waals surface area contributed by atoms with E-state index in [0.29, 0.717) is 12.4 Å². The van der Waals surface area contributed by atoms with Gasteiger partial charge in [0, 0.05) is 29.9 Å². The molecule has 2 aromatic heterocycles. The molecular formula is C22H22N4O2S. The van der Waals surface area contributed by atoms with E-state index in [4.69, 9.17) is 4.74 Å². The Morgan fingerprint density at radius 3 is 2.62 bits per heavy atom. The third-order valence-corrected chi connectivity index (χ3v) is 5.92. The number of nitrogens with one attached hydrogen (secondary N) is 1. The summed E-state index contributed by atoms with van der Waals surface area (Å²) >= 11 is 1.53. The smallest absolute Gasteiger partial charge is 0.191 e. The summed E-state index contributed by atoms with van der Waals surface area (Å²) < 4.78 is 7.68. The van der Waals surface area contributed by atoms with Crippen LogP contribution in [0.15, 0.2) is 58.5 Å². The summed E-state index contributed by atoms with van der Waals surface area (Å²) in [5, 5.41) is 10.0. The minimum atomic E-state index is 0.0467. The maximum absolute atomic E-state index is 12.6. The summed E-state index contributed by atoms with van der Waals surface area (Å²) in [4.78, 5) is 16.0. The third kappa shape index (κ3) is 4.05. The lowest BCUT2D eigenvalue weighted by molar-refractivity contribution is 0.290. The molecule has 4 rings (SSSR count). The fourth-order valence-electron chi connectivity index (χ4n) is 3.20. The topological polar surface area (TPSA) is 72.8 Å². The van der Waals surface area contributed by atoms with Gasteiger partial charge in [0.1, 0.15) is 12.4 Å². The normalized spacial score (nSPS) is 11.1. The Bertz CT molecular complexity index is 1210. The number of aromatic nitrogens is 4. The molecule has 0 amide bonds. The van der Waals surface area contributed by atoms with Crippen molar-refractivity contribution in [3.63, 3.8) is 0 Å². The molecule has 6 nitrogen and oxygen atoms in total. The Morgan fingerprint density at radius 1 is 1.07 bits per heavy atom. The number of ether oxygens (including phenoxy) is 1. The summed E-state index contributed by atoms with van der Waals surface area (Å²) in [6, 6.07) is 15.3. The average molecular weight is 407 g/mol. The highest BCUT2D eigenvalue weighted by molar-refractivity contribution is 7.98. The number of hydrogen-bond donors (Lipinski definition) is 1. The van der Waals surface area contributed by atoms with Crippen molar-refractivity contribution < 1.29 is 4.74 Å². The molecule has 0 fully saturated rings. The molecule has 0 aliphatic rings. The van der Waals surface area contributed by atoms with Crippen LogP contribution in [0.5, 0.6) is 5.75 Å². The summed E-state index contributed by atoms with van der Waals surface area (Å²) in [5.74, 6) is 2.14.